The highest BCUT2D eigenvalue weighted by atomic mass is 35.5. The first kappa shape index (κ1) is 17.3. The lowest BCUT2D eigenvalue weighted by Gasteiger charge is -2.13. The Bertz CT molecular complexity index is 1030. The molecule has 6 nitrogen and oxygen atoms in total. The number of carboxylic acid groups (broad SMARTS) is 1. The molecular formula is C17H13Cl2N3O3. The molecular weight excluding hydrogens is 365 g/mol. The van der Waals surface area contributed by atoms with Crippen molar-refractivity contribution in [2.75, 3.05) is 5.32 Å². The number of nitrogens with zero attached hydrogens (tertiary/aromatic N) is 2. The number of carbonyl (C=O) groups is 1. The molecule has 8 heteroatoms. The highest BCUT2D eigenvalue weighted by Crippen LogP contribution is 2.28. The van der Waals surface area contributed by atoms with Crippen molar-refractivity contribution in [3.05, 3.63) is 74.3 Å². The van der Waals surface area contributed by atoms with Crippen LogP contribution in [-0.4, -0.2) is 20.6 Å². The van der Waals surface area contributed by atoms with E-state index in [-0.39, 0.29) is 17.2 Å². The molecule has 0 aliphatic heterocycles. The molecule has 0 aliphatic rings. The Morgan fingerprint density at radius 3 is 2.68 bits per heavy atom. The number of benzene rings is 1. The molecule has 3 aromatic rings. The summed E-state index contributed by atoms with van der Waals surface area (Å²) in [7, 11) is 0. The van der Waals surface area contributed by atoms with E-state index in [0.717, 1.165) is 5.56 Å². The van der Waals surface area contributed by atoms with Crippen molar-refractivity contribution < 1.29 is 9.90 Å². The Morgan fingerprint density at radius 2 is 2.00 bits per heavy atom. The molecule has 25 heavy (non-hydrogen) atoms. The summed E-state index contributed by atoms with van der Waals surface area (Å²) in [5.74, 6) is -0.261. The fourth-order valence-corrected chi connectivity index (χ4v) is 2.85. The van der Waals surface area contributed by atoms with E-state index in [2.05, 4.69) is 10.3 Å². The fraction of sp³-hybridized carbons (Fsp3) is 0.118. The van der Waals surface area contributed by atoms with Crippen LogP contribution in [0.4, 0.5) is 10.5 Å². The second-order valence-corrected chi connectivity index (χ2v) is 6.30. The largest absolute Gasteiger partial charge is 0.465 e. The molecule has 0 saturated carbocycles. The maximum Gasteiger partial charge on any atom is 0.409 e. The lowest BCUT2D eigenvalue weighted by Crippen LogP contribution is -2.22. The molecule has 1 amide bonds. The lowest BCUT2D eigenvalue weighted by atomic mass is 9.95. The second-order valence-electron chi connectivity index (χ2n) is 5.49. The minimum absolute atomic E-state index is 0.261. The minimum atomic E-state index is -1.21. The third-order valence-corrected chi connectivity index (χ3v) is 4.63. The van der Waals surface area contributed by atoms with Gasteiger partial charge in [0.25, 0.3) is 5.56 Å². The summed E-state index contributed by atoms with van der Waals surface area (Å²) >= 11 is 12.0. The summed E-state index contributed by atoms with van der Waals surface area (Å²) in [6.45, 7) is 1.86. The smallest absolute Gasteiger partial charge is 0.409 e. The molecule has 0 bridgehead atoms. The molecule has 1 atom stereocenters. The predicted molar refractivity (Wildman–Crippen MR) is 97.1 cm³/mol. The van der Waals surface area contributed by atoms with E-state index in [1.54, 1.807) is 24.3 Å². The Hall–Kier alpha value is -2.57. The monoisotopic (exact) mass is 377 g/mol. The number of rotatable bonds is 3. The van der Waals surface area contributed by atoms with Crippen molar-refractivity contribution in [2.24, 2.45) is 0 Å². The number of halogens is 2. The maximum absolute atomic E-state index is 12.8. The maximum atomic E-state index is 12.8. The van der Waals surface area contributed by atoms with E-state index in [1.165, 1.54) is 22.9 Å². The third kappa shape index (κ3) is 3.45. The normalized spacial score (nSPS) is 12.1. The lowest BCUT2D eigenvalue weighted by molar-refractivity contribution is 0.209. The van der Waals surface area contributed by atoms with Crippen molar-refractivity contribution in [1.82, 2.24) is 9.38 Å². The van der Waals surface area contributed by atoms with E-state index in [0.29, 0.717) is 21.3 Å². The van der Waals surface area contributed by atoms with Gasteiger partial charge >= 0.3 is 6.09 Å². The van der Waals surface area contributed by atoms with Gasteiger partial charge in [0.1, 0.15) is 5.65 Å². The average molecular weight is 378 g/mol. The van der Waals surface area contributed by atoms with E-state index >= 15 is 0 Å². The molecule has 0 radical (unpaired) electrons. The van der Waals surface area contributed by atoms with Crippen LogP contribution < -0.4 is 10.9 Å². The highest BCUT2D eigenvalue weighted by Gasteiger charge is 2.16. The summed E-state index contributed by atoms with van der Waals surface area (Å²) < 4.78 is 1.31. The van der Waals surface area contributed by atoms with Gasteiger partial charge in [-0.1, -0.05) is 36.2 Å². The standard InChI is InChI=1S/C17H13Cl2N3O3/c1-9(10-2-4-13(18)14(19)6-10)12-7-20-15-5-3-11(21-17(24)25)8-22(15)16(12)23/h2-9,21H,1H3,(H,24,25). The van der Waals surface area contributed by atoms with Crippen LogP contribution >= 0.6 is 23.2 Å². The Balaban J connectivity index is 2.09. The zero-order valence-corrected chi connectivity index (χ0v) is 14.5. The number of hydrogen-bond acceptors (Lipinski definition) is 3. The SMILES string of the molecule is CC(c1ccc(Cl)c(Cl)c1)c1cnc2ccc(NC(=O)O)cn2c1=O. The number of nitrogens with one attached hydrogen (secondary N) is 1. The predicted octanol–water partition coefficient (Wildman–Crippen LogP) is 4.24. The first-order valence-corrected chi connectivity index (χ1v) is 8.08. The summed E-state index contributed by atoms with van der Waals surface area (Å²) in [6.07, 6.45) is 1.72. The van der Waals surface area contributed by atoms with Gasteiger partial charge in [0.05, 0.1) is 15.7 Å². The van der Waals surface area contributed by atoms with Crippen LogP contribution in [0.3, 0.4) is 0 Å². The number of pyridine rings is 1. The molecule has 1 aromatic carbocycles. The van der Waals surface area contributed by atoms with Gasteiger partial charge in [-0.3, -0.25) is 14.5 Å². The van der Waals surface area contributed by atoms with Gasteiger partial charge < -0.3 is 5.11 Å². The zero-order chi connectivity index (χ0) is 18.1. The topological polar surface area (TPSA) is 83.7 Å². The molecule has 2 N–H and O–H groups in total. The van der Waals surface area contributed by atoms with Crippen LogP contribution in [0, 0.1) is 0 Å². The van der Waals surface area contributed by atoms with Crippen molar-refractivity contribution in [3.63, 3.8) is 0 Å². The molecule has 3 rings (SSSR count). The van der Waals surface area contributed by atoms with Gasteiger partial charge in [-0.05, 0) is 29.8 Å². The zero-order valence-electron chi connectivity index (χ0n) is 13.0. The molecule has 0 spiro atoms. The molecule has 0 fully saturated rings. The van der Waals surface area contributed by atoms with Gasteiger partial charge in [0.2, 0.25) is 0 Å². The molecule has 128 valence electrons. The van der Waals surface area contributed by atoms with Crippen molar-refractivity contribution in [3.8, 4) is 0 Å². The summed E-state index contributed by atoms with van der Waals surface area (Å²) in [4.78, 5) is 27.9. The number of aromatic nitrogens is 2. The van der Waals surface area contributed by atoms with E-state index in [9.17, 15) is 9.59 Å². The summed E-state index contributed by atoms with van der Waals surface area (Å²) in [5.41, 5.74) is 1.71. The van der Waals surface area contributed by atoms with Crippen molar-refractivity contribution in [1.29, 1.82) is 0 Å². The quantitative estimate of drug-likeness (QED) is 0.714. The number of fused-ring (bicyclic) bond motifs is 1. The van der Waals surface area contributed by atoms with Gasteiger partial charge in [-0.2, -0.15) is 0 Å². The Kier molecular flexibility index (Phi) is 4.65. The van der Waals surface area contributed by atoms with Gasteiger partial charge in [-0.25, -0.2) is 9.78 Å². The van der Waals surface area contributed by atoms with Crippen molar-refractivity contribution in [2.45, 2.75) is 12.8 Å². The molecule has 0 aliphatic carbocycles. The number of anilines is 1. The van der Waals surface area contributed by atoms with Crippen LogP contribution in [0.1, 0.15) is 24.0 Å². The summed E-state index contributed by atoms with van der Waals surface area (Å²) in [5, 5.41) is 11.9. The summed E-state index contributed by atoms with van der Waals surface area (Å²) in [6, 6.07) is 8.30. The second kappa shape index (κ2) is 6.74. The Morgan fingerprint density at radius 1 is 1.24 bits per heavy atom. The van der Waals surface area contributed by atoms with Gasteiger partial charge in [0, 0.05) is 23.9 Å². The third-order valence-electron chi connectivity index (χ3n) is 3.89. The van der Waals surface area contributed by atoms with Gasteiger partial charge in [0.15, 0.2) is 0 Å². The molecule has 1 unspecified atom stereocenters. The van der Waals surface area contributed by atoms with Gasteiger partial charge in [-0.15, -0.1) is 0 Å². The van der Waals surface area contributed by atoms with Crippen LogP contribution in [0.2, 0.25) is 10.0 Å². The average Bonchev–Trinajstić information content (AvgIpc) is 2.57. The molecule has 2 aromatic heterocycles. The van der Waals surface area contributed by atoms with Crippen LogP contribution in [0.5, 0.6) is 0 Å². The molecule has 0 saturated heterocycles. The number of amides is 1. The van der Waals surface area contributed by atoms with Crippen LogP contribution in [0.15, 0.2) is 47.5 Å². The van der Waals surface area contributed by atoms with Crippen LogP contribution in [-0.2, 0) is 0 Å². The molecule has 2 heterocycles. The van der Waals surface area contributed by atoms with E-state index in [4.69, 9.17) is 28.3 Å². The number of hydrogen-bond donors (Lipinski definition) is 2. The van der Waals surface area contributed by atoms with Crippen molar-refractivity contribution >= 4 is 40.6 Å². The Labute approximate surface area is 152 Å². The van der Waals surface area contributed by atoms with E-state index < -0.39 is 6.09 Å². The first-order valence-electron chi connectivity index (χ1n) is 7.33. The first-order chi connectivity index (χ1) is 11.9. The highest BCUT2D eigenvalue weighted by molar-refractivity contribution is 6.42. The van der Waals surface area contributed by atoms with Crippen LogP contribution in [0.25, 0.3) is 5.65 Å². The van der Waals surface area contributed by atoms with E-state index in [1.807, 2.05) is 6.92 Å². The minimum Gasteiger partial charge on any atom is -0.465 e. The fourth-order valence-electron chi connectivity index (χ4n) is 2.55.